The van der Waals surface area contributed by atoms with Crippen LogP contribution in [-0.4, -0.2) is 23.1 Å². The Morgan fingerprint density at radius 3 is 2.42 bits per heavy atom. The molecule has 0 bridgehead atoms. The summed E-state index contributed by atoms with van der Waals surface area (Å²) >= 11 is 0. The maximum atomic E-state index is 14.2. The fourth-order valence-corrected chi connectivity index (χ4v) is 2.83. The molecule has 9 heteroatoms. The Hall–Kier alpha value is -3.33. The summed E-state index contributed by atoms with van der Waals surface area (Å²) in [6.45, 7) is 7.80. The van der Waals surface area contributed by atoms with Crippen molar-refractivity contribution >= 4 is 5.91 Å². The van der Waals surface area contributed by atoms with E-state index in [4.69, 9.17) is 5.73 Å². The summed E-state index contributed by atoms with van der Waals surface area (Å²) in [5, 5.41) is 2.50. The summed E-state index contributed by atoms with van der Waals surface area (Å²) in [7, 11) is 0. The molecule has 1 aromatic heterocycles. The second-order valence-electron chi connectivity index (χ2n) is 7.54. The summed E-state index contributed by atoms with van der Waals surface area (Å²) in [5.74, 6) is -2.56. The van der Waals surface area contributed by atoms with Crippen LogP contribution in [0.2, 0.25) is 0 Å². The van der Waals surface area contributed by atoms with Gasteiger partial charge in [-0.3, -0.25) is 9.78 Å². The highest BCUT2D eigenvalue weighted by atomic mass is 19.4. The molecule has 1 aromatic carbocycles. The lowest BCUT2D eigenvalue weighted by Gasteiger charge is -2.19. The highest BCUT2D eigenvalue weighted by molar-refractivity contribution is 5.96. The van der Waals surface area contributed by atoms with Crippen molar-refractivity contribution < 1.29 is 26.7 Å². The Labute approximate surface area is 188 Å². The molecule has 0 fully saturated rings. The number of hydrogen-bond donors (Lipinski definition) is 2. The van der Waals surface area contributed by atoms with Crippen LogP contribution in [0.1, 0.15) is 41.4 Å². The van der Waals surface area contributed by atoms with E-state index in [9.17, 15) is 26.7 Å². The molecule has 3 N–H and O–H groups in total. The van der Waals surface area contributed by atoms with Gasteiger partial charge < -0.3 is 11.1 Å². The van der Waals surface area contributed by atoms with E-state index in [0.29, 0.717) is 11.8 Å². The smallest absolute Gasteiger partial charge is 0.346 e. The lowest BCUT2D eigenvalue weighted by atomic mass is 9.97. The van der Waals surface area contributed by atoms with Gasteiger partial charge in [-0.1, -0.05) is 12.6 Å². The maximum absolute atomic E-state index is 14.2. The van der Waals surface area contributed by atoms with E-state index < -0.39 is 35.8 Å². The zero-order valence-electron chi connectivity index (χ0n) is 18.3. The molecule has 0 aliphatic rings. The van der Waals surface area contributed by atoms with Crippen LogP contribution in [0.3, 0.4) is 0 Å². The van der Waals surface area contributed by atoms with Crippen molar-refractivity contribution in [2.75, 3.05) is 0 Å². The minimum Gasteiger partial charge on any atom is -0.346 e. The Morgan fingerprint density at radius 2 is 1.88 bits per heavy atom. The fourth-order valence-electron chi connectivity index (χ4n) is 2.83. The Bertz CT molecular complexity index is 1090. The number of amides is 1. The normalized spacial score (nSPS) is 14.9. The first kappa shape index (κ1) is 25.9. The third-order valence-electron chi connectivity index (χ3n) is 4.97. The molecule has 1 unspecified atom stereocenters. The largest absolute Gasteiger partial charge is 0.407 e. The molecule has 0 spiro atoms. The van der Waals surface area contributed by atoms with E-state index in [1.165, 1.54) is 26.0 Å². The standard InChI is InChI=1S/C24H24F5N3O/c1-5-19(25)11-20(26)14(3)15(4)32-23(33)18-9-16(21-7-6-13(2)12-31-21)8-17(10-18)22(30)24(27,28)29/h5-12,15,22H,1,30H2,2-4H3,(H,32,33)/b19-11+,20-14-/t15-,22?/m1/s1. The van der Waals surface area contributed by atoms with Gasteiger partial charge in [0.15, 0.2) is 0 Å². The number of halogens is 5. The average Bonchev–Trinajstić information content (AvgIpc) is 2.77. The van der Waals surface area contributed by atoms with Crippen molar-refractivity contribution in [1.29, 1.82) is 0 Å². The van der Waals surface area contributed by atoms with Crippen LogP contribution < -0.4 is 11.1 Å². The van der Waals surface area contributed by atoms with Gasteiger partial charge in [-0.25, -0.2) is 8.78 Å². The number of aromatic nitrogens is 1. The number of rotatable bonds is 7. The lowest BCUT2D eigenvalue weighted by Crippen LogP contribution is -2.34. The van der Waals surface area contributed by atoms with E-state index in [0.717, 1.165) is 17.7 Å². The van der Waals surface area contributed by atoms with Crippen LogP contribution in [0.4, 0.5) is 22.0 Å². The van der Waals surface area contributed by atoms with E-state index in [2.05, 4.69) is 16.9 Å². The van der Waals surface area contributed by atoms with E-state index in [1.807, 2.05) is 0 Å². The predicted molar refractivity (Wildman–Crippen MR) is 118 cm³/mol. The molecule has 2 rings (SSSR count). The molecular weight excluding hydrogens is 441 g/mol. The fraction of sp³-hybridized carbons (Fsp3) is 0.250. The van der Waals surface area contributed by atoms with Crippen LogP contribution in [0.5, 0.6) is 0 Å². The molecule has 1 heterocycles. The first-order chi connectivity index (χ1) is 15.3. The Kier molecular flexibility index (Phi) is 8.27. The minimum absolute atomic E-state index is 0.0175. The summed E-state index contributed by atoms with van der Waals surface area (Å²) in [6, 6.07) is 3.77. The molecule has 1 amide bonds. The van der Waals surface area contributed by atoms with Gasteiger partial charge in [-0.05, 0) is 67.8 Å². The van der Waals surface area contributed by atoms with Gasteiger partial charge in [0.25, 0.3) is 5.91 Å². The zero-order chi connectivity index (χ0) is 24.9. The number of nitrogens with zero attached hydrogens (tertiary/aromatic N) is 1. The second-order valence-corrected chi connectivity index (χ2v) is 7.54. The minimum atomic E-state index is -4.73. The molecule has 176 valence electrons. The molecule has 2 aromatic rings. The van der Waals surface area contributed by atoms with Gasteiger partial charge in [0.2, 0.25) is 0 Å². The number of aryl methyl sites for hydroxylation is 1. The number of hydrogen-bond acceptors (Lipinski definition) is 3. The highest BCUT2D eigenvalue weighted by Gasteiger charge is 2.38. The number of carbonyl (C=O) groups excluding carboxylic acids is 1. The van der Waals surface area contributed by atoms with Crippen molar-refractivity contribution in [3.63, 3.8) is 0 Å². The van der Waals surface area contributed by atoms with Gasteiger partial charge in [0, 0.05) is 23.4 Å². The van der Waals surface area contributed by atoms with Gasteiger partial charge >= 0.3 is 6.18 Å². The van der Waals surface area contributed by atoms with Crippen LogP contribution in [0.15, 0.2) is 72.5 Å². The summed E-state index contributed by atoms with van der Waals surface area (Å²) in [6.07, 6.45) is -1.74. The van der Waals surface area contributed by atoms with Gasteiger partial charge in [0.05, 0.1) is 11.7 Å². The monoisotopic (exact) mass is 465 g/mol. The lowest BCUT2D eigenvalue weighted by molar-refractivity contribution is -0.149. The summed E-state index contributed by atoms with van der Waals surface area (Å²) in [5.41, 5.74) is 6.42. The SMILES string of the molecule is C=C/C(F)=C\C(F)=C(/C)[C@@H](C)NC(=O)c1cc(-c2ccc(C)cn2)cc(C(N)C(F)(F)F)c1. The Morgan fingerprint density at radius 1 is 1.21 bits per heavy atom. The van der Waals surface area contributed by atoms with Crippen molar-refractivity contribution in [3.8, 4) is 11.3 Å². The summed E-state index contributed by atoms with van der Waals surface area (Å²) < 4.78 is 67.2. The predicted octanol–water partition coefficient (Wildman–Crippen LogP) is 6.02. The molecule has 33 heavy (non-hydrogen) atoms. The molecular formula is C24H24F5N3O. The molecule has 0 aliphatic carbocycles. The number of allylic oxidation sites excluding steroid dienone is 4. The molecule has 0 saturated heterocycles. The zero-order valence-corrected chi connectivity index (χ0v) is 18.3. The molecule has 4 nitrogen and oxygen atoms in total. The van der Waals surface area contributed by atoms with Crippen LogP contribution in [0, 0.1) is 6.92 Å². The van der Waals surface area contributed by atoms with Gasteiger partial charge in [-0.2, -0.15) is 13.2 Å². The van der Waals surface area contributed by atoms with Crippen LogP contribution in [-0.2, 0) is 0 Å². The van der Waals surface area contributed by atoms with Gasteiger partial charge in [0.1, 0.15) is 17.7 Å². The first-order valence-corrected chi connectivity index (χ1v) is 9.90. The Balaban J connectivity index is 2.46. The number of benzene rings is 1. The third-order valence-corrected chi connectivity index (χ3v) is 4.97. The maximum Gasteiger partial charge on any atom is 0.407 e. The molecule has 0 aliphatic heterocycles. The topological polar surface area (TPSA) is 68.0 Å². The second kappa shape index (κ2) is 10.5. The third kappa shape index (κ3) is 6.82. The van der Waals surface area contributed by atoms with Crippen molar-refractivity contribution in [2.45, 2.75) is 39.0 Å². The molecule has 0 radical (unpaired) electrons. The quantitative estimate of drug-likeness (QED) is 0.388. The van der Waals surface area contributed by atoms with Crippen LogP contribution in [0.25, 0.3) is 11.3 Å². The van der Waals surface area contributed by atoms with Crippen molar-refractivity contribution in [1.82, 2.24) is 10.3 Å². The number of pyridine rings is 1. The van der Waals surface area contributed by atoms with Crippen molar-refractivity contribution in [3.05, 3.63) is 89.2 Å². The molecule has 2 atom stereocenters. The van der Waals surface area contributed by atoms with E-state index in [-0.39, 0.29) is 22.3 Å². The van der Waals surface area contributed by atoms with Gasteiger partial charge in [-0.15, -0.1) is 0 Å². The number of nitrogens with one attached hydrogen (secondary N) is 1. The number of carbonyl (C=O) groups is 1. The van der Waals surface area contributed by atoms with E-state index in [1.54, 1.807) is 25.3 Å². The van der Waals surface area contributed by atoms with Crippen molar-refractivity contribution in [2.24, 2.45) is 5.73 Å². The summed E-state index contributed by atoms with van der Waals surface area (Å²) in [4.78, 5) is 17.0. The molecule has 0 saturated carbocycles. The first-order valence-electron chi connectivity index (χ1n) is 9.90. The average molecular weight is 465 g/mol. The van der Waals surface area contributed by atoms with E-state index >= 15 is 0 Å². The van der Waals surface area contributed by atoms with Crippen LogP contribution >= 0.6 is 0 Å². The highest BCUT2D eigenvalue weighted by Crippen LogP contribution is 2.33. The number of nitrogens with two attached hydrogens (primary N) is 1. The number of alkyl halides is 3.